The van der Waals surface area contributed by atoms with Crippen LogP contribution in [-0.4, -0.2) is 37.0 Å². The Morgan fingerprint density at radius 2 is 2.36 bits per heavy atom. The third-order valence-electron chi connectivity index (χ3n) is 2.40. The Bertz CT molecular complexity index is 158. The fourth-order valence-electron chi connectivity index (χ4n) is 1.50. The van der Waals surface area contributed by atoms with Crippen molar-refractivity contribution in [1.82, 2.24) is 4.90 Å². The summed E-state index contributed by atoms with van der Waals surface area (Å²) in [5, 5.41) is 0. The molecule has 11 heavy (non-hydrogen) atoms. The summed E-state index contributed by atoms with van der Waals surface area (Å²) in [6.07, 6.45) is 1.09. The number of carbonyl (C=O) groups excluding carboxylic acids is 1. The predicted octanol–water partition coefficient (Wildman–Crippen LogP) is -1.09. The second kappa shape index (κ2) is 3.22. The van der Waals surface area contributed by atoms with Crippen molar-refractivity contribution in [3.8, 4) is 0 Å². The molecule has 1 N–H and O–H groups in total. The SMILES string of the molecule is [CH2-][NH+]1CC[C@@H](N(C)C(C)=O)C1. The van der Waals surface area contributed by atoms with Gasteiger partial charge in [0.05, 0.1) is 19.1 Å². The fraction of sp³-hybridized carbons (Fsp3) is 0.750. The Labute approximate surface area is 68.0 Å². The van der Waals surface area contributed by atoms with Crippen molar-refractivity contribution in [3.05, 3.63) is 7.05 Å². The van der Waals surface area contributed by atoms with Gasteiger partial charge in [-0.2, -0.15) is 7.05 Å². The van der Waals surface area contributed by atoms with E-state index in [0.717, 1.165) is 19.5 Å². The van der Waals surface area contributed by atoms with Crippen LogP contribution in [0.5, 0.6) is 0 Å². The molecule has 0 aromatic rings. The zero-order valence-electron chi connectivity index (χ0n) is 7.26. The summed E-state index contributed by atoms with van der Waals surface area (Å²) in [4.78, 5) is 14.0. The number of hydrogen-bond acceptors (Lipinski definition) is 1. The monoisotopic (exact) mass is 156 g/mol. The number of rotatable bonds is 1. The van der Waals surface area contributed by atoms with Crippen LogP contribution in [0.1, 0.15) is 13.3 Å². The summed E-state index contributed by atoms with van der Waals surface area (Å²) in [5.74, 6) is 0.157. The normalized spacial score (nSPS) is 30.5. The van der Waals surface area contributed by atoms with Crippen LogP contribution in [0.2, 0.25) is 0 Å². The standard InChI is InChI=1S/C8H16N2O/c1-7(11)10(3)8-4-5-9(2)6-8/h8-9H,2,4-6H2,1,3H3/t8-/m1/s1. The Balaban J connectivity index is 2.43. The van der Waals surface area contributed by atoms with Gasteiger partial charge >= 0.3 is 0 Å². The molecule has 0 bridgehead atoms. The molecule has 1 saturated heterocycles. The first-order valence-corrected chi connectivity index (χ1v) is 4.01. The summed E-state index contributed by atoms with van der Waals surface area (Å²) >= 11 is 0. The first kappa shape index (κ1) is 8.53. The second-order valence-corrected chi connectivity index (χ2v) is 3.28. The molecule has 1 unspecified atom stereocenters. The minimum Gasteiger partial charge on any atom is -0.466 e. The lowest BCUT2D eigenvalue weighted by atomic mass is 10.2. The highest BCUT2D eigenvalue weighted by atomic mass is 16.2. The third kappa shape index (κ3) is 1.93. The minimum atomic E-state index is 0.157. The summed E-state index contributed by atoms with van der Waals surface area (Å²) in [5.41, 5.74) is 0. The van der Waals surface area contributed by atoms with E-state index in [1.165, 1.54) is 4.90 Å². The molecule has 0 aromatic carbocycles. The number of hydrogen-bond donors (Lipinski definition) is 1. The Hall–Kier alpha value is -0.570. The molecule has 1 aliphatic rings. The topological polar surface area (TPSA) is 24.8 Å². The van der Waals surface area contributed by atoms with Gasteiger partial charge in [-0.05, 0) is 0 Å². The number of amides is 1. The number of nitrogens with zero attached hydrogens (tertiary/aromatic N) is 1. The molecule has 1 fully saturated rings. The van der Waals surface area contributed by atoms with E-state index >= 15 is 0 Å². The van der Waals surface area contributed by atoms with Crippen LogP contribution in [0, 0.1) is 7.05 Å². The number of likely N-dealkylation sites (N-methyl/N-ethyl adjacent to an activating group) is 1. The maximum atomic E-state index is 10.9. The van der Waals surface area contributed by atoms with Crippen molar-refractivity contribution in [2.24, 2.45) is 0 Å². The van der Waals surface area contributed by atoms with Gasteiger partial charge in [-0.3, -0.25) is 4.79 Å². The Kier molecular flexibility index (Phi) is 2.49. The van der Waals surface area contributed by atoms with E-state index in [1.54, 1.807) is 6.92 Å². The zero-order chi connectivity index (χ0) is 8.43. The van der Waals surface area contributed by atoms with Gasteiger partial charge in [0.15, 0.2) is 0 Å². The average Bonchev–Trinajstić information content (AvgIpc) is 2.34. The van der Waals surface area contributed by atoms with E-state index in [4.69, 9.17) is 0 Å². The van der Waals surface area contributed by atoms with E-state index in [2.05, 4.69) is 7.05 Å². The van der Waals surface area contributed by atoms with Crippen LogP contribution in [-0.2, 0) is 4.79 Å². The molecular formula is C8H16N2O. The van der Waals surface area contributed by atoms with Gasteiger partial charge in [0.25, 0.3) is 0 Å². The van der Waals surface area contributed by atoms with Crippen LogP contribution in [0.25, 0.3) is 0 Å². The summed E-state index contributed by atoms with van der Waals surface area (Å²) in [7, 11) is 5.77. The molecular weight excluding hydrogens is 140 g/mol. The highest BCUT2D eigenvalue weighted by molar-refractivity contribution is 5.73. The van der Waals surface area contributed by atoms with Crippen LogP contribution < -0.4 is 4.90 Å². The zero-order valence-corrected chi connectivity index (χ0v) is 7.26. The highest BCUT2D eigenvalue weighted by Crippen LogP contribution is 2.02. The Morgan fingerprint density at radius 1 is 1.73 bits per heavy atom. The molecule has 3 nitrogen and oxygen atoms in total. The molecule has 1 aliphatic heterocycles. The molecule has 3 heteroatoms. The lowest BCUT2D eigenvalue weighted by Gasteiger charge is -2.21. The Morgan fingerprint density at radius 3 is 2.73 bits per heavy atom. The summed E-state index contributed by atoms with van der Waals surface area (Å²) in [6, 6.07) is 0.417. The van der Waals surface area contributed by atoms with E-state index in [-0.39, 0.29) is 5.91 Å². The van der Waals surface area contributed by atoms with Crippen molar-refractivity contribution >= 4 is 5.91 Å². The second-order valence-electron chi connectivity index (χ2n) is 3.28. The third-order valence-corrected chi connectivity index (χ3v) is 2.40. The number of quaternary nitrogens is 1. The largest absolute Gasteiger partial charge is 0.466 e. The molecule has 0 aliphatic carbocycles. The van der Waals surface area contributed by atoms with Gasteiger partial charge in [0.1, 0.15) is 0 Å². The van der Waals surface area contributed by atoms with Gasteiger partial charge in [0.2, 0.25) is 5.91 Å². The smallest absolute Gasteiger partial charge is 0.219 e. The number of nitrogens with one attached hydrogen (secondary N) is 1. The summed E-state index contributed by atoms with van der Waals surface area (Å²) < 4.78 is 0. The van der Waals surface area contributed by atoms with Gasteiger partial charge < -0.3 is 9.80 Å². The number of likely N-dealkylation sites (tertiary alicyclic amines) is 1. The van der Waals surface area contributed by atoms with Crippen molar-refractivity contribution in [2.75, 3.05) is 20.1 Å². The molecule has 0 spiro atoms. The quantitative estimate of drug-likeness (QED) is 0.480. The van der Waals surface area contributed by atoms with E-state index in [1.807, 2.05) is 11.9 Å². The van der Waals surface area contributed by atoms with Crippen molar-refractivity contribution in [3.63, 3.8) is 0 Å². The first-order valence-electron chi connectivity index (χ1n) is 4.01. The van der Waals surface area contributed by atoms with Crippen LogP contribution in [0.15, 0.2) is 0 Å². The molecule has 64 valence electrons. The fourth-order valence-corrected chi connectivity index (χ4v) is 1.50. The molecule has 1 rings (SSSR count). The van der Waals surface area contributed by atoms with Crippen molar-refractivity contribution in [1.29, 1.82) is 0 Å². The lowest BCUT2D eigenvalue weighted by molar-refractivity contribution is -0.840. The lowest BCUT2D eigenvalue weighted by Crippen LogP contribution is -3.05. The average molecular weight is 156 g/mol. The maximum Gasteiger partial charge on any atom is 0.219 e. The summed E-state index contributed by atoms with van der Waals surface area (Å²) in [6.45, 7) is 3.69. The van der Waals surface area contributed by atoms with E-state index < -0.39 is 0 Å². The van der Waals surface area contributed by atoms with Gasteiger partial charge in [-0.1, -0.05) is 0 Å². The van der Waals surface area contributed by atoms with Gasteiger partial charge in [0, 0.05) is 20.4 Å². The molecule has 1 amide bonds. The molecule has 0 saturated carbocycles. The minimum absolute atomic E-state index is 0.157. The highest BCUT2D eigenvalue weighted by Gasteiger charge is 2.25. The van der Waals surface area contributed by atoms with Crippen molar-refractivity contribution in [2.45, 2.75) is 19.4 Å². The first-order chi connectivity index (χ1) is 5.11. The molecule has 2 atom stereocenters. The van der Waals surface area contributed by atoms with E-state index in [9.17, 15) is 4.79 Å². The van der Waals surface area contributed by atoms with E-state index in [0.29, 0.717) is 6.04 Å². The number of carbonyl (C=O) groups is 1. The molecule has 0 aromatic heterocycles. The van der Waals surface area contributed by atoms with Crippen LogP contribution >= 0.6 is 0 Å². The van der Waals surface area contributed by atoms with Crippen molar-refractivity contribution < 1.29 is 9.69 Å². The van der Waals surface area contributed by atoms with Gasteiger partial charge in [-0.25, -0.2) is 0 Å². The van der Waals surface area contributed by atoms with Crippen LogP contribution in [0.3, 0.4) is 0 Å². The predicted molar refractivity (Wildman–Crippen MR) is 42.9 cm³/mol. The van der Waals surface area contributed by atoms with Crippen LogP contribution in [0.4, 0.5) is 0 Å². The van der Waals surface area contributed by atoms with Gasteiger partial charge in [-0.15, -0.1) is 0 Å². The molecule has 0 radical (unpaired) electrons. The maximum absolute atomic E-state index is 10.9. The molecule has 1 heterocycles.